The summed E-state index contributed by atoms with van der Waals surface area (Å²) < 4.78 is 5.71. The van der Waals surface area contributed by atoms with Gasteiger partial charge in [-0.2, -0.15) is 0 Å². The van der Waals surface area contributed by atoms with Gasteiger partial charge in [-0.3, -0.25) is 4.90 Å². The number of rotatable bonds is 5. The summed E-state index contributed by atoms with van der Waals surface area (Å²) in [6, 6.07) is 0.696. The van der Waals surface area contributed by atoms with Gasteiger partial charge in [-0.15, -0.1) is 0 Å². The maximum Gasteiger partial charge on any atom is 0.0702 e. The van der Waals surface area contributed by atoms with Gasteiger partial charge in [-0.1, -0.05) is 13.8 Å². The first-order chi connectivity index (χ1) is 7.79. The van der Waals surface area contributed by atoms with Crippen molar-refractivity contribution in [1.29, 1.82) is 0 Å². The number of nitrogens with one attached hydrogen (secondary N) is 1. The van der Waals surface area contributed by atoms with Gasteiger partial charge >= 0.3 is 0 Å². The lowest BCUT2D eigenvalue weighted by atomic mass is 10.0. The molecule has 16 heavy (non-hydrogen) atoms. The third-order valence-electron chi connectivity index (χ3n) is 4.08. The molecular weight excluding hydrogens is 200 g/mol. The SMILES string of the molecule is CCN(CC1CCCO1)CC1NCCC1C. The minimum Gasteiger partial charge on any atom is -0.377 e. The highest BCUT2D eigenvalue weighted by molar-refractivity contribution is 4.84. The van der Waals surface area contributed by atoms with Crippen LogP contribution in [0.2, 0.25) is 0 Å². The third kappa shape index (κ3) is 3.19. The molecule has 0 amide bonds. The Morgan fingerprint density at radius 2 is 2.19 bits per heavy atom. The normalized spacial score (nSPS) is 35.1. The van der Waals surface area contributed by atoms with Crippen molar-refractivity contribution in [2.24, 2.45) is 5.92 Å². The average Bonchev–Trinajstić information content (AvgIpc) is 2.90. The summed E-state index contributed by atoms with van der Waals surface area (Å²) in [5, 5.41) is 3.61. The zero-order chi connectivity index (χ0) is 11.4. The van der Waals surface area contributed by atoms with E-state index in [0.717, 1.165) is 25.6 Å². The van der Waals surface area contributed by atoms with E-state index >= 15 is 0 Å². The Hall–Kier alpha value is -0.120. The summed E-state index contributed by atoms with van der Waals surface area (Å²) in [6.45, 7) is 10.3. The molecule has 3 unspecified atom stereocenters. The Kier molecular flexibility index (Phi) is 4.62. The van der Waals surface area contributed by atoms with E-state index in [9.17, 15) is 0 Å². The highest BCUT2D eigenvalue weighted by Gasteiger charge is 2.26. The maximum absolute atomic E-state index is 5.71. The van der Waals surface area contributed by atoms with Crippen LogP contribution in [-0.4, -0.2) is 49.8 Å². The highest BCUT2D eigenvalue weighted by Crippen LogP contribution is 2.17. The molecule has 94 valence electrons. The fourth-order valence-corrected chi connectivity index (χ4v) is 2.83. The minimum atomic E-state index is 0.497. The van der Waals surface area contributed by atoms with Crippen molar-refractivity contribution in [3.63, 3.8) is 0 Å². The van der Waals surface area contributed by atoms with E-state index in [1.807, 2.05) is 0 Å². The predicted octanol–water partition coefficient (Wildman–Crippen LogP) is 1.49. The molecule has 1 N–H and O–H groups in total. The fourth-order valence-electron chi connectivity index (χ4n) is 2.83. The molecule has 3 heteroatoms. The summed E-state index contributed by atoms with van der Waals surface area (Å²) in [5.74, 6) is 0.832. The largest absolute Gasteiger partial charge is 0.377 e. The van der Waals surface area contributed by atoms with Crippen LogP contribution in [-0.2, 0) is 4.74 Å². The van der Waals surface area contributed by atoms with E-state index in [1.54, 1.807) is 0 Å². The maximum atomic E-state index is 5.71. The van der Waals surface area contributed by atoms with E-state index < -0.39 is 0 Å². The van der Waals surface area contributed by atoms with Crippen LogP contribution in [0.15, 0.2) is 0 Å². The van der Waals surface area contributed by atoms with Crippen molar-refractivity contribution in [2.75, 3.05) is 32.8 Å². The lowest BCUT2D eigenvalue weighted by Gasteiger charge is -2.28. The molecule has 0 spiro atoms. The zero-order valence-electron chi connectivity index (χ0n) is 10.7. The first kappa shape index (κ1) is 12.3. The van der Waals surface area contributed by atoms with Gasteiger partial charge in [0.05, 0.1) is 6.10 Å². The first-order valence-corrected chi connectivity index (χ1v) is 6.87. The van der Waals surface area contributed by atoms with E-state index in [-0.39, 0.29) is 0 Å². The van der Waals surface area contributed by atoms with Gasteiger partial charge < -0.3 is 10.1 Å². The third-order valence-corrected chi connectivity index (χ3v) is 4.08. The number of ether oxygens (including phenoxy) is 1. The van der Waals surface area contributed by atoms with Crippen LogP contribution in [0.25, 0.3) is 0 Å². The summed E-state index contributed by atoms with van der Waals surface area (Å²) >= 11 is 0. The summed E-state index contributed by atoms with van der Waals surface area (Å²) in [4.78, 5) is 2.55. The molecule has 2 aliphatic heterocycles. The Balaban J connectivity index is 1.75. The standard InChI is InChI=1S/C13H26N2O/c1-3-15(9-12-5-4-8-16-12)10-13-11(2)6-7-14-13/h11-14H,3-10H2,1-2H3. The van der Waals surface area contributed by atoms with Gasteiger partial charge in [0.1, 0.15) is 0 Å². The van der Waals surface area contributed by atoms with Gasteiger partial charge in [0.25, 0.3) is 0 Å². The van der Waals surface area contributed by atoms with Crippen molar-refractivity contribution in [3.05, 3.63) is 0 Å². The fraction of sp³-hybridized carbons (Fsp3) is 1.00. The van der Waals surface area contributed by atoms with Crippen LogP contribution in [0.4, 0.5) is 0 Å². The summed E-state index contributed by atoms with van der Waals surface area (Å²) in [5.41, 5.74) is 0. The second-order valence-corrected chi connectivity index (χ2v) is 5.31. The van der Waals surface area contributed by atoms with Gasteiger partial charge in [0.15, 0.2) is 0 Å². The van der Waals surface area contributed by atoms with Crippen LogP contribution >= 0.6 is 0 Å². The monoisotopic (exact) mass is 226 g/mol. The van der Waals surface area contributed by atoms with E-state index in [1.165, 1.54) is 32.4 Å². The molecule has 0 aromatic carbocycles. The lowest BCUT2D eigenvalue weighted by molar-refractivity contribution is 0.0708. The van der Waals surface area contributed by atoms with E-state index in [4.69, 9.17) is 4.74 Å². The van der Waals surface area contributed by atoms with Crippen molar-refractivity contribution >= 4 is 0 Å². The van der Waals surface area contributed by atoms with Crippen molar-refractivity contribution < 1.29 is 4.74 Å². The van der Waals surface area contributed by atoms with Gasteiger partial charge in [0.2, 0.25) is 0 Å². The Labute approximate surface area is 99.5 Å². The van der Waals surface area contributed by atoms with Crippen LogP contribution in [0.1, 0.15) is 33.1 Å². The van der Waals surface area contributed by atoms with Crippen LogP contribution < -0.4 is 5.32 Å². The van der Waals surface area contributed by atoms with Crippen molar-refractivity contribution in [2.45, 2.75) is 45.3 Å². The Bertz CT molecular complexity index is 204. The molecular formula is C13H26N2O. The number of hydrogen-bond donors (Lipinski definition) is 1. The summed E-state index contributed by atoms with van der Waals surface area (Å²) in [6.07, 6.45) is 4.34. The number of nitrogens with zero attached hydrogens (tertiary/aromatic N) is 1. The van der Waals surface area contributed by atoms with Gasteiger partial charge in [-0.25, -0.2) is 0 Å². The van der Waals surface area contributed by atoms with Crippen LogP contribution in [0.5, 0.6) is 0 Å². The highest BCUT2D eigenvalue weighted by atomic mass is 16.5. The predicted molar refractivity (Wildman–Crippen MR) is 66.7 cm³/mol. The molecule has 2 fully saturated rings. The molecule has 0 aromatic heterocycles. The molecule has 0 saturated carbocycles. The number of hydrogen-bond acceptors (Lipinski definition) is 3. The molecule has 0 aliphatic carbocycles. The molecule has 2 saturated heterocycles. The Morgan fingerprint density at radius 3 is 2.75 bits per heavy atom. The first-order valence-electron chi connectivity index (χ1n) is 6.87. The second kappa shape index (κ2) is 5.99. The smallest absolute Gasteiger partial charge is 0.0702 e. The lowest BCUT2D eigenvalue weighted by Crippen LogP contribution is -2.43. The minimum absolute atomic E-state index is 0.497. The molecule has 0 bridgehead atoms. The van der Waals surface area contributed by atoms with E-state index in [0.29, 0.717) is 12.1 Å². The van der Waals surface area contributed by atoms with Crippen molar-refractivity contribution in [1.82, 2.24) is 10.2 Å². The van der Waals surface area contributed by atoms with Crippen LogP contribution in [0.3, 0.4) is 0 Å². The molecule has 2 rings (SSSR count). The van der Waals surface area contributed by atoms with Gasteiger partial charge in [-0.05, 0) is 38.3 Å². The molecule has 0 aromatic rings. The molecule has 0 radical (unpaired) electrons. The number of likely N-dealkylation sites (N-methyl/N-ethyl adjacent to an activating group) is 1. The van der Waals surface area contributed by atoms with Gasteiger partial charge in [0, 0.05) is 25.7 Å². The molecule has 2 aliphatic rings. The van der Waals surface area contributed by atoms with E-state index in [2.05, 4.69) is 24.1 Å². The van der Waals surface area contributed by atoms with Crippen molar-refractivity contribution in [3.8, 4) is 0 Å². The van der Waals surface area contributed by atoms with Crippen LogP contribution in [0, 0.1) is 5.92 Å². The molecule has 3 atom stereocenters. The molecule has 2 heterocycles. The molecule has 3 nitrogen and oxygen atoms in total. The second-order valence-electron chi connectivity index (χ2n) is 5.31. The topological polar surface area (TPSA) is 24.5 Å². The Morgan fingerprint density at radius 1 is 1.31 bits per heavy atom. The zero-order valence-corrected chi connectivity index (χ0v) is 10.7. The average molecular weight is 226 g/mol. The quantitative estimate of drug-likeness (QED) is 0.768. The summed E-state index contributed by atoms with van der Waals surface area (Å²) in [7, 11) is 0.